The molecule has 0 aliphatic heterocycles. The monoisotopic (exact) mass is 261 g/mol. The molecule has 0 unspecified atom stereocenters. The van der Waals surface area contributed by atoms with E-state index in [0.717, 1.165) is 22.6 Å². The average Bonchev–Trinajstić information content (AvgIpc) is 2.72. The van der Waals surface area contributed by atoms with Crippen molar-refractivity contribution in [3.8, 4) is 0 Å². The van der Waals surface area contributed by atoms with Gasteiger partial charge >= 0.3 is 0 Å². The highest BCUT2D eigenvalue weighted by Gasteiger charge is 2.04. The molecule has 2 rings (SSSR count). The molecule has 0 saturated carbocycles. The van der Waals surface area contributed by atoms with E-state index in [2.05, 4.69) is 15.5 Å². The Morgan fingerprint density at radius 3 is 2.83 bits per heavy atom. The molecule has 5 nitrogen and oxygen atoms in total. The van der Waals surface area contributed by atoms with Gasteiger partial charge in [-0.3, -0.25) is 0 Å². The smallest absolute Gasteiger partial charge is 0.151 e. The van der Waals surface area contributed by atoms with Crippen molar-refractivity contribution in [3.05, 3.63) is 41.5 Å². The minimum atomic E-state index is 0.423. The van der Waals surface area contributed by atoms with Crippen LogP contribution in [0.1, 0.15) is 17.0 Å². The second-order valence-corrected chi connectivity index (χ2v) is 4.55. The Bertz CT molecular complexity index is 576. The first kappa shape index (κ1) is 12.5. The summed E-state index contributed by atoms with van der Waals surface area (Å²) >= 11 is 4.98. The molecule has 0 atom stereocenters. The van der Waals surface area contributed by atoms with E-state index in [4.69, 9.17) is 18.0 Å². The summed E-state index contributed by atoms with van der Waals surface area (Å²) in [4.78, 5) is 0.423. The predicted octanol–water partition coefficient (Wildman–Crippen LogP) is 1.37. The first-order valence-corrected chi connectivity index (χ1v) is 5.96. The molecule has 1 aromatic heterocycles. The van der Waals surface area contributed by atoms with Crippen molar-refractivity contribution in [3.63, 3.8) is 0 Å². The Labute approximate surface area is 111 Å². The van der Waals surface area contributed by atoms with Crippen LogP contribution in [0.4, 0.5) is 5.69 Å². The normalized spacial score (nSPS) is 10.3. The van der Waals surface area contributed by atoms with Crippen molar-refractivity contribution in [1.29, 1.82) is 0 Å². The fourth-order valence-electron chi connectivity index (χ4n) is 1.70. The van der Waals surface area contributed by atoms with Crippen LogP contribution in [-0.2, 0) is 13.6 Å². The number of rotatable bonds is 4. The fraction of sp³-hybridized carbons (Fsp3) is 0.250. The third-order valence-electron chi connectivity index (χ3n) is 2.75. The van der Waals surface area contributed by atoms with E-state index >= 15 is 0 Å². The Kier molecular flexibility index (Phi) is 3.57. The maximum Gasteiger partial charge on any atom is 0.151 e. The van der Waals surface area contributed by atoms with E-state index in [-0.39, 0.29) is 0 Å². The minimum absolute atomic E-state index is 0.423. The molecule has 18 heavy (non-hydrogen) atoms. The van der Waals surface area contributed by atoms with Crippen molar-refractivity contribution in [2.24, 2.45) is 12.8 Å². The average molecular weight is 261 g/mol. The quantitative estimate of drug-likeness (QED) is 0.814. The number of nitrogens with one attached hydrogen (secondary N) is 1. The topological polar surface area (TPSA) is 68.8 Å². The number of hydrogen-bond donors (Lipinski definition) is 2. The van der Waals surface area contributed by atoms with E-state index in [1.165, 1.54) is 0 Å². The van der Waals surface area contributed by atoms with E-state index in [1.807, 2.05) is 36.7 Å². The molecule has 0 spiro atoms. The number of nitrogens with two attached hydrogens (primary N) is 1. The highest BCUT2D eigenvalue weighted by Crippen LogP contribution is 2.15. The molecule has 0 saturated heterocycles. The summed E-state index contributed by atoms with van der Waals surface area (Å²) in [5.41, 5.74) is 8.61. The van der Waals surface area contributed by atoms with Crippen molar-refractivity contribution >= 4 is 22.9 Å². The van der Waals surface area contributed by atoms with Crippen molar-refractivity contribution in [2.45, 2.75) is 13.5 Å². The SMILES string of the molecule is Cc1cc(NCc2nncn2C)ccc1C(N)=S. The molecule has 0 bridgehead atoms. The van der Waals surface area contributed by atoms with Gasteiger partial charge in [0, 0.05) is 18.3 Å². The summed E-state index contributed by atoms with van der Waals surface area (Å²) in [6.07, 6.45) is 1.68. The van der Waals surface area contributed by atoms with E-state index in [0.29, 0.717) is 11.5 Å². The second kappa shape index (κ2) is 5.14. The standard InChI is InChI=1S/C12H15N5S/c1-8-5-9(3-4-10(8)12(13)18)14-6-11-16-15-7-17(11)2/h3-5,7,14H,6H2,1-2H3,(H2,13,18). The third kappa shape index (κ3) is 2.65. The zero-order valence-corrected chi connectivity index (χ0v) is 11.2. The van der Waals surface area contributed by atoms with Crippen LogP contribution in [0.15, 0.2) is 24.5 Å². The maximum atomic E-state index is 5.63. The lowest BCUT2D eigenvalue weighted by Gasteiger charge is -2.09. The summed E-state index contributed by atoms with van der Waals surface area (Å²) in [6.45, 7) is 2.62. The van der Waals surface area contributed by atoms with Gasteiger partial charge in [-0.2, -0.15) is 0 Å². The summed E-state index contributed by atoms with van der Waals surface area (Å²) in [5.74, 6) is 0.881. The lowest BCUT2D eigenvalue weighted by Crippen LogP contribution is -2.11. The zero-order valence-electron chi connectivity index (χ0n) is 10.3. The summed E-state index contributed by atoms with van der Waals surface area (Å²) in [5, 5.41) is 11.1. The van der Waals surface area contributed by atoms with E-state index in [9.17, 15) is 0 Å². The number of aromatic nitrogens is 3. The van der Waals surface area contributed by atoms with Gasteiger partial charge in [-0.25, -0.2) is 0 Å². The number of thiocarbonyl (C=S) groups is 1. The zero-order chi connectivity index (χ0) is 13.1. The lowest BCUT2D eigenvalue weighted by atomic mass is 10.1. The first-order valence-electron chi connectivity index (χ1n) is 5.55. The molecule has 0 fully saturated rings. The van der Waals surface area contributed by atoms with Gasteiger partial charge in [-0.15, -0.1) is 10.2 Å². The Hall–Kier alpha value is -1.95. The number of benzene rings is 1. The van der Waals surface area contributed by atoms with Crippen LogP contribution in [0.3, 0.4) is 0 Å². The van der Waals surface area contributed by atoms with Gasteiger partial charge in [0.1, 0.15) is 11.3 Å². The van der Waals surface area contributed by atoms with E-state index in [1.54, 1.807) is 6.33 Å². The van der Waals surface area contributed by atoms with Gasteiger partial charge in [-0.05, 0) is 30.7 Å². The van der Waals surface area contributed by atoms with Crippen LogP contribution in [-0.4, -0.2) is 19.8 Å². The van der Waals surface area contributed by atoms with Crippen LogP contribution in [0.2, 0.25) is 0 Å². The highest BCUT2D eigenvalue weighted by atomic mass is 32.1. The number of nitrogens with zero attached hydrogens (tertiary/aromatic N) is 3. The second-order valence-electron chi connectivity index (χ2n) is 4.11. The molecule has 1 heterocycles. The Morgan fingerprint density at radius 1 is 1.50 bits per heavy atom. The van der Waals surface area contributed by atoms with Crippen LogP contribution >= 0.6 is 12.2 Å². The minimum Gasteiger partial charge on any atom is -0.389 e. The maximum absolute atomic E-state index is 5.63. The van der Waals surface area contributed by atoms with Crippen molar-refractivity contribution in [1.82, 2.24) is 14.8 Å². The largest absolute Gasteiger partial charge is 0.389 e. The summed E-state index contributed by atoms with van der Waals surface area (Å²) in [6, 6.07) is 5.90. The highest BCUT2D eigenvalue weighted by molar-refractivity contribution is 7.80. The molecular formula is C12H15N5S. The van der Waals surface area contributed by atoms with Gasteiger partial charge in [0.25, 0.3) is 0 Å². The molecule has 6 heteroatoms. The molecule has 0 radical (unpaired) electrons. The molecule has 2 aromatic rings. The molecular weight excluding hydrogens is 246 g/mol. The predicted molar refractivity (Wildman–Crippen MR) is 75.4 cm³/mol. The number of hydrogen-bond acceptors (Lipinski definition) is 4. The van der Waals surface area contributed by atoms with Gasteiger partial charge in [0.15, 0.2) is 5.82 Å². The molecule has 1 aromatic carbocycles. The first-order chi connectivity index (χ1) is 8.58. The van der Waals surface area contributed by atoms with Crippen LogP contribution in [0.5, 0.6) is 0 Å². The van der Waals surface area contributed by atoms with Crippen LogP contribution in [0, 0.1) is 6.92 Å². The number of aryl methyl sites for hydroxylation is 2. The fourth-order valence-corrected chi connectivity index (χ4v) is 1.93. The summed E-state index contributed by atoms with van der Waals surface area (Å²) in [7, 11) is 1.91. The van der Waals surface area contributed by atoms with Crippen molar-refractivity contribution < 1.29 is 0 Å². The molecule has 3 N–H and O–H groups in total. The third-order valence-corrected chi connectivity index (χ3v) is 2.97. The van der Waals surface area contributed by atoms with E-state index < -0.39 is 0 Å². The number of anilines is 1. The van der Waals surface area contributed by atoms with Gasteiger partial charge in [-0.1, -0.05) is 12.2 Å². The molecule has 94 valence electrons. The molecule has 0 amide bonds. The molecule has 0 aliphatic rings. The Balaban J connectivity index is 2.09. The van der Waals surface area contributed by atoms with Gasteiger partial charge in [0.2, 0.25) is 0 Å². The lowest BCUT2D eigenvalue weighted by molar-refractivity contribution is 0.812. The Morgan fingerprint density at radius 2 is 2.28 bits per heavy atom. The van der Waals surface area contributed by atoms with Gasteiger partial charge in [0.05, 0.1) is 6.54 Å². The van der Waals surface area contributed by atoms with Crippen LogP contribution in [0.25, 0.3) is 0 Å². The summed E-state index contributed by atoms with van der Waals surface area (Å²) < 4.78 is 1.88. The van der Waals surface area contributed by atoms with Crippen LogP contribution < -0.4 is 11.1 Å². The van der Waals surface area contributed by atoms with Gasteiger partial charge < -0.3 is 15.6 Å². The molecule has 0 aliphatic carbocycles. The van der Waals surface area contributed by atoms with Crippen molar-refractivity contribution in [2.75, 3.05) is 5.32 Å².